The Morgan fingerprint density at radius 2 is 1.88 bits per heavy atom. The fourth-order valence-corrected chi connectivity index (χ4v) is 5.98. The van der Waals surface area contributed by atoms with Crippen LogP contribution in [0.5, 0.6) is 0 Å². The molecule has 0 aliphatic carbocycles. The van der Waals surface area contributed by atoms with Gasteiger partial charge in [0.25, 0.3) is 0 Å². The minimum atomic E-state index is -3.92. The lowest BCUT2D eigenvalue weighted by Gasteiger charge is -2.35. The van der Waals surface area contributed by atoms with Gasteiger partial charge < -0.3 is 14.5 Å². The Labute approximate surface area is 198 Å². The highest BCUT2D eigenvalue weighted by atomic mass is 35.5. The Hall–Kier alpha value is -2.20. The number of carbonyl (C=O) groups excluding carboxylic acids is 2. The molecule has 33 heavy (non-hydrogen) atoms. The first kappa shape index (κ1) is 23.9. The molecule has 2 heterocycles. The quantitative estimate of drug-likeness (QED) is 0.666. The van der Waals surface area contributed by atoms with Crippen molar-refractivity contribution in [2.75, 3.05) is 26.7 Å². The zero-order valence-corrected chi connectivity index (χ0v) is 20.2. The first-order chi connectivity index (χ1) is 15.7. The molecule has 0 aromatic heterocycles. The topological polar surface area (TPSA) is 96.0 Å². The number of nitrogens with zero attached hydrogens (tertiary/aromatic N) is 2. The van der Waals surface area contributed by atoms with E-state index in [1.807, 2.05) is 0 Å². The highest BCUT2D eigenvalue weighted by molar-refractivity contribution is 7.89. The van der Waals surface area contributed by atoms with E-state index in [2.05, 4.69) is 4.72 Å². The number of methoxy groups -OCH3 is 1. The lowest BCUT2D eigenvalue weighted by Crippen LogP contribution is -2.53. The number of ether oxygens (including phenoxy) is 1. The third-order valence-electron chi connectivity index (χ3n) is 6.47. The van der Waals surface area contributed by atoms with Crippen LogP contribution >= 0.6 is 11.6 Å². The van der Waals surface area contributed by atoms with Gasteiger partial charge in [-0.2, -0.15) is 4.72 Å². The third-order valence-corrected chi connectivity index (χ3v) is 8.17. The van der Waals surface area contributed by atoms with Crippen molar-refractivity contribution in [1.29, 1.82) is 0 Å². The van der Waals surface area contributed by atoms with Crippen LogP contribution in [0.15, 0.2) is 41.3 Å². The summed E-state index contributed by atoms with van der Waals surface area (Å²) >= 11 is 6.00. The van der Waals surface area contributed by atoms with Gasteiger partial charge in [-0.1, -0.05) is 23.7 Å². The summed E-state index contributed by atoms with van der Waals surface area (Å²) in [5, 5.41) is 2.13. The summed E-state index contributed by atoms with van der Waals surface area (Å²) in [6.45, 7) is 3.15. The first-order valence-corrected chi connectivity index (χ1v) is 12.9. The SMILES string of the molecule is COC1CCCN(C(=O)[C@H](C)N2CC[C@H](NS(=O)(=O)c3ccc4cc(Cl)ccc4c3)C2=O)C1. The monoisotopic (exact) mass is 493 g/mol. The van der Waals surface area contributed by atoms with E-state index < -0.39 is 22.1 Å². The molecule has 4 rings (SSSR count). The number of likely N-dealkylation sites (tertiary alicyclic amines) is 2. The lowest BCUT2D eigenvalue weighted by atomic mass is 10.1. The Kier molecular flexibility index (Phi) is 6.95. The van der Waals surface area contributed by atoms with Crippen LogP contribution in [0.1, 0.15) is 26.2 Å². The van der Waals surface area contributed by atoms with Gasteiger partial charge in [0.15, 0.2) is 0 Å². The Morgan fingerprint density at radius 3 is 2.64 bits per heavy atom. The molecule has 2 saturated heterocycles. The van der Waals surface area contributed by atoms with Gasteiger partial charge in [0.1, 0.15) is 12.1 Å². The number of fused-ring (bicyclic) bond motifs is 1. The highest BCUT2D eigenvalue weighted by Gasteiger charge is 2.40. The molecule has 2 aliphatic rings. The molecule has 1 N–H and O–H groups in total. The summed E-state index contributed by atoms with van der Waals surface area (Å²) in [6.07, 6.45) is 2.06. The van der Waals surface area contributed by atoms with Crippen molar-refractivity contribution < 1.29 is 22.7 Å². The van der Waals surface area contributed by atoms with E-state index in [-0.39, 0.29) is 22.8 Å². The van der Waals surface area contributed by atoms with E-state index in [0.717, 1.165) is 23.6 Å². The van der Waals surface area contributed by atoms with Crippen LogP contribution in [0.25, 0.3) is 10.8 Å². The molecular weight excluding hydrogens is 466 g/mol. The predicted octanol–water partition coefficient (Wildman–Crippen LogP) is 2.40. The number of benzene rings is 2. The molecule has 0 bridgehead atoms. The average molecular weight is 494 g/mol. The molecule has 2 aromatic carbocycles. The first-order valence-electron chi connectivity index (χ1n) is 11.0. The molecule has 2 amide bonds. The van der Waals surface area contributed by atoms with Gasteiger partial charge in [-0.05, 0) is 61.2 Å². The van der Waals surface area contributed by atoms with Crippen molar-refractivity contribution in [3.8, 4) is 0 Å². The number of piperidine rings is 1. The zero-order chi connectivity index (χ0) is 23.8. The van der Waals surface area contributed by atoms with Gasteiger partial charge in [0.2, 0.25) is 21.8 Å². The minimum absolute atomic E-state index is 0.00159. The minimum Gasteiger partial charge on any atom is -0.380 e. The van der Waals surface area contributed by atoms with Crippen LogP contribution in [0.3, 0.4) is 0 Å². The molecule has 10 heteroatoms. The summed E-state index contributed by atoms with van der Waals surface area (Å²) in [5.41, 5.74) is 0. The number of hydrogen-bond acceptors (Lipinski definition) is 5. The van der Waals surface area contributed by atoms with Crippen molar-refractivity contribution in [1.82, 2.24) is 14.5 Å². The largest absolute Gasteiger partial charge is 0.380 e. The predicted molar refractivity (Wildman–Crippen MR) is 125 cm³/mol. The molecule has 1 unspecified atom stereocenters. The summed E-state index contributed by atoms with van der Waals surface area (Å²) in [4.78, 5) is 29.3. The maximum absolute atomic E-state index is 13.0. The molecule has 2 aliphatic heterocycles. The van der Waals surface area contributed by atoms with Crippen LogP contribution in [0, 0.1) is 0 Å². The summed E-state index contributed by atoms with van der Waals surface area (Å²) < 4.78 is 33.9. The van der Waals surface area contributed by atoms with E-state index in [0.29, 0.717) is 31.1 Å². The Balaban J connectivity index is 1.44. The third kappa shape index (κ3) is 5.01. The summed E-state index contributed by atoms with van der Waals surface area (Å²) in [5.74, 6) is -0.519. The summed E-state index contributed by atoms with van der Waals surface area (Å²) in [7, 11) is -2.29. The van der Waals surface area contributed by atoms with Crippen molar-refractivity contribution in [2.45, 2.75) is 49.3 Å². The average Bonchev–Trinajstić information content (AvgIpc) is 3.16. The van der Waals surface area contributed by atoms with E-state index in [1.54, 1.807) is 49.3 Å². The van der Waals surface area contributed by atoms with E-state index in [9.17, 15) is 18.0 Å². The van der Waals surface area contributed by atoms with Crippen molar-refractivity contribution in [3.63, 3.8) is 0 Å². The lowest BCUT2D eigenvalue weighted by molar-refractivity contribution is -0.145. The second-order valence-corrected chi connectivity index (χ2v) is 10.8. The number of carbonyl (C=O) groups is 2. The van der Waals surface area contributed by atoms with Crippen LogP contribution in [0.2, 0.25) is 5.02 Å². The highest BCUT2D eigenvalue weighted by Crippen LogP contribution is 2.24. The van der Waals surface area contributed by atoms with Crippen molar-refractivity contribution >= 4 is 44.2 Å². The van der Waals surface area contributed by atoms with Gasteiger partial charge >= 0.3 is 0 Å². The fraction of sp³-hybridized carbons (Fsp3) is 0.478. The standard InChI is InChI=1S/C23H28ClN3O5S/c1-15(22(28)26-10-3-4-19(14-26)32-2)27-11-9-21(23(27)29)25-33(30,31)20-8-6-16-12-18(24)7-5-17(16)13-20/h5-8,12-13,15,19,21,25H,3-4,9-11,14H2,1-2H3/t15-,19?,21-/m0/s1. The number of amides is 2. The smallest absolute Gasteiger partial charge is 0.245 e. The molecule has 0 spiro atoms. The number of sulfonamides is 1. The second-order valence-electron chi connectivity index (χ2n) is 8.61. The normalized spacial score (nSPS) is 22.7. The van der Waals surface area contributed by atoms with Crippen LogP contribution < -0.4 is 4.72 Å². The van der Waals surface area contributed by atoms with E-state index in [4.69, 9.17) is 16.3 Å². The molecule has 0 saturated carbocycles. The second kappa shape index (κ2) is 9.58. The molecule has 8 nitrogen and oxygen atoms in total. The van der Waals surface area contributed by atoms with Gasteiger partial charge in [0.05, 0.1) is 11.0 Å². The Bertz CT molecular complexity index is 1170. The van der Waals surface area contributed by atoms with Crippen molar-refractivity contribution in [2.24, 2.45) is 0 Å². The molecule has 178 valence electrons. The maximum atomic E-state index is 13.0. The summed E-state index contributed by atoms with van der Waals surface area (Å²) in [6, 6.07) is 8.38. The maximum Gasteiger partial charge on any atom is 0.245 e. The van der Waals surface area contributed by atoms with Crippen molar-refractivity contribution in [3.05, 3.63) is 41.4 Å². The van der Waals surface area contributed by atoms with Gasteiger partial charge in [-0.25, -0.2) is 8.42 Å². The van der Waals surface area contributed by atoms with E-state index in [1.165, 1.54) is 11.0 Å². The van der Waals surface area contributed by atoms with Crippen LogP contribution in [0.4, 0.5) is 0 Å². The molecular formula is C23H28ClN3O5S. The van der Waals surface area contributed by atoms with Gasteiger partial charge in [-0.3, -0.25) is 9.59 Å². The van der Waals surface area contributed by atoms with Crippen LogP contribution in [-0.4, -0.2) is 75.0 Å². The number of nitrogens with one attached hydrogen (secondary N) is 1. The van der Waals surface area contributed by atoms with Gasteiger partial charge in [0, 0.05) is 31.8 Å². The fourth-order valence-electron chi connectivity index (χ4n) is 4.54. The zero-order valence-electron chi connectivity index (χ0n) is 18.7. The van der Waals surface area contributed by atoms with E-state index >= 15 is 0 Å². The number of hydrogen-bond donors (Lipinski definition) is 1. The molecule has 0 radical (unpaired) electrons. The molecule has 3 atom stereocenters. The number of rotatable bonds is 6. The molecule has 2 fully saturated rings. The van der Waals surface area contributed by atoms with Crippen LogP contribution in [-0.2, 0) is 24.3 Å². The Morgan fingerprint density at radius 1 is 1.15 bits per heavy atom. The molecule has 2 aromatic rings. The van der Waals surface area contributed by atoms with Gasteiger partial charge in [-0.15, -0.1) is 0 Å². The number of halogens is 1.